The zero-order valence-electron chi connectivity index (χ0n) is 26.2. The fourth-order valence-corrected chi connectivity index (χ4v) is 12.2. The van der Waals surface area contributed by atoms with Gasteiger partial charge in [0, 0.05) is 55.6 Å². The lowest BCUT2D eigenvalue weighted by Gasteiger charge is -2.45. The number of carbonyl (C=O) groups excluding carboxylic acids is 1. The van der Waals surface area contributed by atoms with Crippen molar-refractivity contribution in [1.82, 2.24) is 14.9 Å². The summed E-state index contributed by atoms with van der Waals surface area (Å²) in [5, 5.41) is 6.78. The van der Waals surface area contributed by atoms with E-state index in [2.05, 4.69) is 48.4 Å². The number of hydrogen-bond acceptors (Lipinski definition) is 8. The molecule has 2 N–H and O–H groups in total. The molecular weight excluding hydrogens is 605 g/mol. The number of sulfonamides is 1. The first-order valence-corrected chi connectivity index (χ1v) is 20.6. The summed E-state index contributed by atoms with van der Waals surface area (Å²) in [5.41, 5.74) is 1.54. The van der Waals surface area contributed by atoms with E-state index in [4.69, 9.17) is 0 Å². The predicted molar refractivity (Wildman–Crippen MR) is 176 cm³/mol. The van der Waals surface area contributed by atoms with Crippen LogP contribution < -0.4 is 15.5 Å². The molecule has 43 heavy (non-hydrogen) atoms. The SMILES string of the molecule is Cc1ccccc1N1CCN(S(=O)(=O)CC23CCC(CC2NC(=O)[C@H](CCS(C)(=O)=O)NC2CCSCC2)C3(C)C)CC1. The summed E-state index contributed by atoms with van der Waals surface area (Å²) in [4.78, 5) is 16.1. The number of amides is 1. The minimum Gasteiger partial charge on any atom is -0.369 e. The average molecular weight is 655 g/mol. The third-order valence-corrected chi connectivity index (χ3v) is 15.1. The Morgan fingerprint density at radius 2 is 1.72 bits per heavy atom. The van der Waals surface area contributed by atoms with Gasteiger partial charge in [0.15, 0.2) is 0 Å². The Hall–Kier alpha value is -1.34. The molecule has 2 heterocycles. The van der Waals surface area contributed by atoms with Gasteiger partial charge in [-0.25, -0.2) is 16.8 Å². The normalized spacial score (nSPS) is 29.1. The van der Waals surface area contributed by atoms with Crippen LogP contribution in [0.2, 0.25) is 0 Å². The second kappa shape index (κ2) is 12.8. The number of para-hydroxylation sites is 1. The number of benzene rings is 1. The molecule has 9 nitrogen and oxygen atoms in total. The Kier molecular flexibility index (Phi) is 9.84. The van der Waals surface area contributed by atoms with Gasteiger partial charge in [0.05, 0.1) is 17.5 Å². The van der Waals surface area contributed by atoms with Gasteiger partial charge < -0.3 is 15.5 Å². The molecule has 2 bridgehead atoms. The number of hydrogen-bond donors (Lipinski definition) is 2. The first-order valence-electron chi connectivity index (χ1n) is 15.8. The molecule has 4 fully saturated rings. The van der Waals surface area contributed by atoms with Gasteiger partial charge in [-0.1, -0.05) is 32.0 Å². The van der Waals surface area contributed by atoms with Crippen molar-refractivity contribution in [3.63, 3.8) is 0 Å². The van der Waals surface area contributed by atoms with E-state index >= 15 is 0 Å². The molecule has 0 radical (unpaired) electrons. The predicted octanol–water partition coefficient (Wildman–Crippen LogP) is 3.05. The van der Waals surface area contributed by atoms with Crippen LogP contribution in [0.3, 0.4) is 0 Å². The number of aryl methyl sites for hydroxylation is 1. The van der Waals surface area contributed by atoms with Crippen LogP contribution in [0.15, 0.2) is 24.3 Å². The molecule has 5 rings (SSSR count). The third kappa shape index (κ3) is 7.08. The number of fused-ring (bicyclic) bond motifs is 2. The molecule has 2 aliphatic heterocycles. The number of anilines is 1. The van der Waals surface area contributed by atoms with Crippen LogP contribution in [0.5, 0.6) is 0 Å². The van der Waals surface area contributed by atoms with Crippen LogP contribution >= 0.6 is 11.8 Å². The summed E-state index contributed by atoms with van der Waals surface area (Å²) >= 11 is 1.90. The first-order chi connectivity index (χ1) is 20.2. The maximum atomic E-state index is 14.1. The third-order valence-electron chi connectivity index (χ3n) is 11.0. The highest BCUT2D eigenvalue weighted by Gasteiger charge is 2.66. The maximum Gasteiger partial charge on any atom is 0.237 e. The monoisotopic (exact) mass is 654 g/mol. The molecule has 242 valence electrons. The van der Waals surface area contributed by atoms with Gasteiger partial charge in [0.2, 0.25) is 15.9 Å². The van der Waals surface area contributed by atoms with E-state index in [-0.39, 0.29) is 41.3 Å². The summed E-state index contributed by atoms with van der Waals surface area (Å²) in [5.74, 6) is 2.16. The van der Waals surface area contributed by atoms with Crippen molar-refractivity contribution >= 4 is 43.2 Å². The Morgan fingerprint density at radius 1 is 1.05 bits per heavy atom. The molecule has 0 aromatic heterocycles. The molecule has 3 unspecified atom stereocenters. The zero-order valence-corrected chi connectivity index (χ0v) is 28.6. The van der Waals surface area contributed by atoms with Crippen molar-refractivity contribution in [3.05, 3.63) is 29.8 Å². The second-order valence-electron chi connectivity index (χ2n) is 13.9. The number of nitrogens with zero attached hydrogens (tertiary/aromatic N) is 2. The summed E-state index contributed by atoms with van der Waals surface area (Å²) < 4.78 is 53.9. The minimum absolute atomic E-state index is 0.0279. The van der Waals surface area contributed by atoms with Gasteiger partial charge in [-0.3, -0.25) is 4.79 Å². The topological polar surface area (TPSA) is 116 Å². The van der Waals surface area contributed by atoms with Gasteiger partial charge in [-0.2, -0.15) is 16.1 Å². The van der Waals surface area contributed by atoms with Gasteiger partial charge in [0.1, 0.15) is 9.84 Å². The van der Waals surface area contributed by atoms with E-state index in [0.29, 0.717) is 32.1 Å². The molecule has 2 saturated heterocycles. The summed E-state index contributed by atoms with van der Waals surface area (Å²) in [6.45, 7) is 8.64. The molecule has 2 aliphatic carbocycles. The highest BCUT2D eigenvalue weighted by Crippen LogP contribution is 2.66. The van der Waals surface area contributed by atoms with Crippen LogP contribution in [0.4, 0.5) is 5.69 Å². The number of thioether (sulfide) groups is 1. The lowest BCUT2D eigenvalue weighted by atomic mass is 9.69. The fraction of sp³-hybridized carbons (Fsp3) is 0.774. The van der Waals surface area contributed by atoms with E-state index in [1.807, 2.05) is 23.9 Å². The maximum absolute atomic E-state index is 14.1. The number of rotatable bonds is 11. The molecule has 1 aromatic rings. The van der Waals surface area contributed by atoms with E-state index in [1.165, 1.54) is 11.8 Å². The lowest BCUT2D eigenvalue weighted by Crippen LogP contribution is -2.59. The zero-order chi connectivity index (χ0) is 31.0. The smallest absolute Gasteiger partial charge is 0.237 e. The van der Waals surface area contributed by atoms with Crippen molar-refractivity contribution < 1.29 is 21.6 Å². The Labute approximate surface area is 263 Å². The van der Waals surface area contributed by atoms with Crippen molar-refractivity contribution in [1.29, 1.82) is 0 Å². The quantitative estimate of drug-likeness (QED) is 0.374. The summed E-state index contributed by atoms with van der Waals surface area (Å²) in [6.07, 6.45) is 5.80. The van der Waals surface area contributed by atoms with Crippen molar-refractivity contribution in [2.45, 2.75) is 77.4 Å². The Morgan fingerprint density at radius 3 is 2.35 bits per heavy atom. The summed E-state index contributed by atoms with van der Waals surface area (Å²) in [6, 6.07) is 7.52. The molecule has 12 heteroatoms. The second-order valence-corrected chi connectivity index (χ2v) is 19.3. The van der Waals surface area contributed by atoms with E-state index in [9.17, 15) is 21.6 Å². The Bertz CT molecular complexity index is 1370. The highest BCUT2D eigenvalue weighted by atomic mass is 32.2. The highest BCUT2D eigenvalue weighted by molar-refractivity contribution is 7.99. The van der Waals surface area contributed by atoms with Gasteiger partial charge in [-0.05, 0) is 79.9 Å². The first kappa shape index (κ1) is 33.0. The van der Waals surface area contributed by atoms with Crippen LogP contribution in [0.25, 0.3) is 0 Å². The minimum atomic E-state index is -3.58. The lowest BCUT2D eigenvalue weighted by molar-refractivity contribution is -0.125. The molecule has 4 atom stereocenters. The Balaban J connectivity index is 1.30. The number of nitrogens with one attached hydrogen (secondary N) is 2. The fourth-order valence-electron chi connectivity index (χ4n) is 8.21. The molecule has 1 amide bonds. The van der Waals surface area contributed by atoms with Crippen LogP contribution in [0.1, 0.15) is 57.9 Å². The summed E-state index contributed by atoms with van der Waals surface area (Å²) in [7, 11) is -6.81. The number of piperazine rings is 1. The molecule has 0 spiro atoms. The van der Waals surface area contributed by atoms with Crippen molar-refractivity contribution in [3.8, 4) is 0 Å². The van der Waals surface area contributed by atoms with Crippen LogP contribution in [-0.4, -0.2) is 101 Å². The molecular formula is C31H50N4O5S3. The van der Waals surface area contributed by atoms with Crippen molar-refractivity contribution in [2.75, 3.05) is 60.3 Å². The number of carbonyl (C=O) groups is 1. The average Bonchev–Trinajstić information content (AvgIpc) is 3.30. The largest absolute Gasteiger partial charge is 0.369 e. The molecule has 1 aromatic carbocycles. The van der Waals surface area contributed by atoms with Gasteiger partial charge in [0.25, 0.3) is 0 Å². The van der Waals surface area contributed by atoms with E-state index < -0.39 is 31.3 Å². The molecule has 2 saturated carbocycles. The van der Waals surface area contributed by atoms with Gasteiger partial charge in [-0.15, -0.1) is 0 Å². The van der Waals surface area contributed by atoms with Crippen molar-refractivity contribution in [2.24, 2.45) is 16.7 Å². The standard InChI is InChI=1S/C31H50N4O5S3/c1-23-7-5-6-8-27(23)34-14-16-35(17-15-34)43(39,40)22-31-13-9-24(30(31,2)3)21-28(31)33-29(36)26(12-20-42(4,37)38)32-25-10-18-41-19-11-25/h5-8,24-26,28,32H,9-22H2,1-4H3,(H,33,36)/t24?,26-,28?,31?/m0/s1. The van der Waals surface area contributed by atoms with E-state index in [0.717, 1.165) is 49.3 Å². The van der Waals surface area contributed by atoms with E-state index in [1.54, 1.807) is 4.31 Å². The number of sulfone groups is 1. The van der Waals surface area contributed by atoms with Crippen LogP contribution in [-0.2, 0) is 24.7 Å². The van der Waals surface area contributed by atoms with Crippen LogP contribution in [0, 0.1) is 23.7 Å². The van der Waals surface area contributed by atoms with Gasteiger partial charge >= 0.3 is 0 Å². The molecule has 4 aliphatic rings.